The third-order valence-electron chi connectivity index (χ3n) is 4.29. The van der Waals surface area contributed by atoms with E-state index in [9.17, 15) is 14.7 Å². The summed E-state index contributed by atoms with van der Waals surface area (Å²) in [6.45, 7) is 2.42. The molecule has 136 valence electrons. The molecular formula is C19H20ClN3O3. The van der Waals surface area contributed by atoms with Crippen molar-refractivity contribution in [3.8, 4) is 0 Å². The molecule has 1 aliphatic heterocycles. The lowest BCUT2D eigenvalue weighted by Gasteiger charge is -2.42. The minimum Gasteiger partial charge on any atom is -0.359 e. The van der Waals surface area contributed by atoms with Crippen LogP contribution < -0.4 is 15.5 Å². The number of rotatable bonds is 5. The number of amides is 3. The van der Waals surface area contributed by atoms with Crippen molar-refractivity contribution in [2.75, 3.05) is 16.8 Å². The second-order valence-electron chi connectivity index (χ2n) is 6.07. The van der Waals surface area contributed by atoms with E-state index in [1.54, 1.807) is 48.5 Å². The zero-order valence-corrected chi connectivity index (χ0v) is 15.1. The van der Waals surface area contributed by atoms with Gasteiger partial charge in [0, 0.05) is 22.8 Å². The molecule has 1 atom stereocenters. The summed E-state index contributed by atoms with van der Waals surface area (Å²) in [6, 6.07) is 12.5. The maximum absolute atomic E-state index is 12.9. The number of hydrogen-bond donors (Lipinski definition) is 3. The highest BCUT2D eigenvalue weighted by Crippen LogP contribution is 2.39. The van der Waals surface area contributed by atoms with E-state index in [1.165, 1.54) is 0 Å². The summed E-state index contributed by atoms with van der Waals surface area (Å²) in [4.78, 5) is 26.7. The number of carbonyl (C=O) groups is 2. The Hall–Kier alpha value is -2.57. The number of nitrogens with zero attached hydrogens (tertiary/aromatic N) is 1. The summed E-state index contributed by atoms with van der Waals surface area (Å²) in [5.41, 5.74) is -1.10. The van der Waals surface area contributed by atoms with Crippen LogP contribution >= 0.6 is 11.6 Å². The monoisotopic (exact) mass is 373 g/mol. The van der Waals surface area contributed by atoms with Gasteiger partial charge in [-0.1, -0.05) is 43.1 Å². The summed E-state index contributed by atoms with van der Waals surface area (Å²) in [5, 5.41) is 17.4. The molecule has 0 aliphatic carbocycles. The van der Waals surface area contributed by atoms with Gasteiger partial charge in [-0.15, -0.1) is 0 Å². The highest BCUT2D eigenvalue weighted by Gasteiger charge is 2.51. The molecule has 6 nitrogen and oxygen atoms in total. The minimum absolute atomic E-state index is 0.309. The number of anilines is 2. The van der Waals surface area contributed by atoms with Gasteiger partial charge in [-0.05, 0) is 36.8 Å². The van der Waals surface area contributed by atoms with Crippen molar-refractivity contribution in [2.24, 2.45) is 0 Å². The van der Waals surface area contributed by atoms with Gasteiger partial charge in [-0.25, -0.2) is 4.79 Å². The predicted molar refractivity (Wildman–Crippen MR) is 101 cm³/mol. The third kappa shape index (κ3) is 3.13. The first-order chi connectivity index (χ1) is 12.5. The van der Waals surface area contributed by atoms with Crippen LogP contribution in [-0.4, -0.2) is 23.6 Å². The lowest BCUT2D eigenvalue weighted by molar-refractivity contribution is -0.140. The maximum atomic E-state index is 12.9. The average Bonchev–Trinajstić information content (AvgIpc) is 2.63. The molecule has 3 rings (SSSR count). The summed E-state index contributed by atoms with van der Waals surface area (Å²) in [7, 11) is 0. The van der Waals surface area contributed by atoms with Crippen LogP contribution in [0.15, 0.2) is 48.5 Å². The van der Waals surface area contributed by atoms with Crippen LogP contribution in [0.4, 0.5) is 16.2 Å². The number of fused-ring (bicyclic) bond motifs is 1. The molecule has 1 aliphatic rings. The van der Waals surface area contributed by atoms with Gasteiger partial charge < -0.3 is 15.7 Å². The van der Waals surface area contributed by atoms with E-state index in [0.717, 1.165) is 17.7 Å². The molecule has 0 spiro atoms. The smallest absolute Gasteiger partial charge is 0.329 e. The molecule has 3 N–H and O–H groups in total. The Morgan fingerprint density at radius 3 is 2.62 bits per heavy atom. The Bertz CT molecular complexity index is 825. The van der Waals surface area contributed by atoms with Crippen molar-refractivity contribution in [1.29, 1.82) is 0 Å². The van der Waals surface area contributed by atoms with Gasteiger partial charge in [0.05, 0.1) is 5.69 Å². The summed E-state index contributed by atoms with van der Waals surface area (Å²) < 4.78 is 0. The molecule has 7 heteroatoms. The number of nitrogens with one attached hydrogen (secondary N) is 2. The van der Waals surface area contributed by atoms with Crippen LogP contribution in [0, 0.1) is 0 Å². The van der Waals surface area contributed by atoms with Crippen LogP contribution in [0.1, 0.15) is 25.3 Å². The number of hydrogen-bond acceptors (Lipinski definition) is 3. The van der Waals surface area contributed by atoms with E-state index in [1.807, 2.05) is 6.92 Å². The summed E-state index contributed by atoms with van der Waals surface area (Å²) in [5.74, 6) is -0.650. The van der Waals surface area contributed by atoms with Crippen LogP contribution in [-0.2, 0) is 10.5 Å². The molecule has 0 unspecified atom stereocenters. The average molecular weight is 374 g/mol. The van der Waals surface area contributed by atoms with Gasteiger partial charge in [0.2, 0.25) is 0 Å². The van der Waals surface area contributed by atoms with E-state index in [4.69, 9.17) is 11.6 Å². The maximum Gasteiger partial charge on any atom is 0.329 e. The third-order valence-corrected chi connectivity index (χ3v) is 4.54. The first kappa shape index (κ1) is 18.2. The highest BCUT2D eigenvalue weighted by atomic mass is 35.5. The zero-order chi connectivity index (χ0) is 18.7. The van der Waals surface area contributed by atoms with E-state index >= 15 is 0 Å². The molecule has 0 saturated carbocycles. The molecule has 2 aromatic carbocycles. The molecular weight excluding hydrogens is 354 g/mol. The van der Waals surface area contributed by atoms with Gasteiger partial charge >= 0.3 is 6.03 Å². The first-order valence-electron chi connectivity index (χ1n) is 8.45. The van der Waals surface area contributed by atoms with Crippen LogP contribution in [0.25, 0.3) is 0 Å². The second-order valence-corrected chi connectivity index (χ2v) is 6.51. The number of para-hydroxylation sites is 1. The fraction of sp³-hybridized carbons (Fsp3) is 0.263. The predicted octanol–water partition coefficient (Wildman–Crippen LogP) is 3.45. The van der Waals surface area contributed by atoms with Crippen molar-refractivity contribution in [2.45, 2.75) is 25.5 Å². The van der Waals surface area contributed by atoms with Crippen molar-refractivity contribution < 1.29 is 14.7 Å². The van der Waals surface area contributed by atoms with Gasteiger partial charge in [-0.2, -0.15) is 0 Å². The largest absolute Gasteiger partial charge is 0.359 e. The van der Waals surface area contributed by atoms with Crippen molar-refractivity contribution in [1.82, 2.24) is 5.32 Å². The summed E-state index contributed by atoms with van der Waals surface area (Å²) >= 11 is 5.93. The molecule has 2 aromatic rings. The molecule has 1 heterocycles. The number of unbranched alkanes of at least 4 members (excludes halogenated alkanes) is 1. The Balaban J connectivity index is 2.10. The van der Waals surface area contributed by atoms with Gasteiger partial charge in [0.1, 0.15) is 0 Å². The Morgan fingerprint density at radius 1 is 1.23 bits per heavy atom. The fourth-order valence-electron chi connectivity index (χ4n) is 2.95. The molecule has 0 aromatic heterocycles. The van der Waals surface area contributed by atoms with Crippen LogP contribution in [0.3, 0.4) is 0 Å². The zero-order valence-electron chi connectivity index (χ0n) is 14.3. The van der Waals surface area contributed by atoms with Gasteiger partial charge in [0.15, 0.2) is 0 Å². The quantitative estimate of drug-likeness (QED) is 0.702. The van der Waals surface area contributed by atoms with E-state index in [-0.39, 0.29) is 0 Å². The van der Waals surface area contributed by atoms with Crippen molar-refractivity contribution in [3.05, 3.63) is 59.1 Å². The molecule has 0 bridgehead atoms. The van der Waals surface area contributed by atoms with Crippen LogP contribution in [0.5, 0.6) is 0 Å². The normalized spacial score (nSPS) is 18.9. The minimum atomic E-state index is -2.17. The highest BCUT2D eigenvalue weighted by molar-refractivity contribution is 6.30. The molecule has 0 radical (unpaired) electrons. The Kier molecular flexibility index (Phi) is 5.15. The number of carbonyl (C=O) groups excluding carboxylic acids is 2. The van der Waals surface area contributed by atoms with Crippen molar-refractivity contribution >= 4 is 34.9 Å². The van der Waals surface area contributed by atoms with E-state index in [0.29, 0.717) is 28.5 Å². The van der Waals surface area contributed by atoms with E-state index in [2.05, 4.69) is 10.6 Å². The van der Waals surface area contributed by atoms with Gasteiger partial charge in [0.25, 0.3) is 11.6 Å². The lowest BCUT2D eigenvalue weighted by atomic mass is 9.94. The number of aliphatic hydroxyl groups is 1. The molecule has 0 fully saturated rings. The number of halogens is 1. The fourth-order valence-corrected chi connectivity index (χ4v) is 3.08. The topological polar surface area (TPSA) is 81.7 Å². The number of urea groups is 1. The van der Waals surface area contributed by atoms with E-state index < -0.39 is 17.7 Å². The Morgan fingerprint density at radius 2 is 1.92 bits per heavy atom. The SMILES string of the molecule is CCCCNC(=O)[C@]1(O)c2ccccc2NC(=O)N1c1ccc(Cl)cc1. The number of benzene rings is 2. The molecule has 26 heavy (non-hydrogen) atoms. The summed E-state index contributed by atoms with van der Waals surface area (Å²) in [6.07, 6.45) is 1.67. The van der Waals surface area contributed by atoms with Gasteiger partial charge in [-0.3, -0.25) is 9.69 Å². The standard InChI is InChI=1S/C19H20ClN3O3/c1-2-3-12-21-17(24)19(26)15-6-4-5-7-16(15)22-18(25)23(19)14-10-8-13(20)9-11-14/h4-11,26H,2-3,12H2,1H3,(H,21,24)(H,22,25)/t19-/m1/s1. The molecule has 0 saturated heterocycles. The second kappa shape index (κ2) is 7.35. The van der Waals surface area contributed by atoms with Crippen LogP contribution in [0.2, 0.25) is 5.02 Å². The first-order valence-corrected chi connectivity index (χ1v) is 8.83. The Labute approximate surface area is 156 Å². The molecule has 3 amide bonds. The lowest BCUT2D eigenvalue weighted by Crippen LogP contribution is -2.62. The van der Waals surface area contributed by atoms with Crippen molar-refractivity contribution in [3.63, 3.8) is 0 Å².